The quantitative estimate of drug-likeness (QED) is 0.407. The summed E-state index contributed by atoms with van der Waals surface area (Å²) in [5, 5.41) is 6.49. The molecule has 114 valence electrons. The van der Waals surface area contributed by atoms with Crippen molar-refractivity contribution in [3.63, 3.8) is 0 Å². The van der Waals surface area contributed by atoms with Crippen LogP contribution in [0.2, 0.25) is 10.5 Å². The van der Waals surface area contributed by atoms with Crippen molar-refractivity contribution in [2.45, 2.75) is 41.0 Å². The summed E-state index contributed by atoms with van der Waals surface area (Å²) in [5.74, 6) is 2.50. The van der Waals surface area contributed by atoms with E-state index in [0.29, 0.717) is 4.22 Å². The van der Waals surface area contributed by atoms with Crippen LogP contribution in [0.5, 0.6) is 0 Å². The standard InChI is InChI=1S/C8H6P.C4H10N.2CH3.2ClH.H4Si.Ti/c1-2-4-8-7(3-1)5-6-9-8;1-4(2,3)5;;;;;;/h1-6H;5H,1-3H3;2*1H3;2*1H;1H4;/q;-1;;;;;;+3/p-2. The van der Waals surface area contributed by atoms with Gasteiger partial charge in [0.2, 0.25) is 0 Å². The van der Waals surface area contributed by atoms with E-state index in [1.807, 2.05) is 0 Å². The Kier molecular flexibility index (Phi) is 9.81. The first-order valence-corrected chi connectivity index (χ1v) is 12.0. The average Bonchev–Trinajstić information content (AvgIpc) is 2.57. The first-order valence-electron chi connectivity index (χ1n) is 6.22. The Labute approximate surface area is 146 Å². The van der Waals surface area contributed by atoms with Crippen molar-refractivity contribution < 1.29 is 41.7 Å². The van der Waals surface area contributed by atoms with Crippen molar-refractivity contribution in [1.29, 1.82) is 0 Å². The molecule has 1 unspecified atom stereocenters. The molecule has 6 heteroatoms. The summed E-state index contributed by atoms with van der Waals surface area (Å²) < 4.78 is 4.62. The van der Waals surface area contributed by atoms with Crippen LogP contribution < -0.4 is 33.9 Å². The van der Waals surface area contributed by atoms with Gasteiger partial charge in [-0.1, -0.05) is 0 Å². The molecule has 1 aromatic carbocycles. The monoisotopic (exact) mass is 385 g/mol. The second kappa shape index (κ2) is 8.48. The van der Waals surface area contributed by atoms with Gasteiger partial charge in [-0.15, -0.1) is 0 Å². The number of hydrogen-bond acceptors (Lipinski definition) is 1. The molecule has 1 aliphatic heterocycles. The summed E-state index contributed by atoms with van der Waals surface area (Å²) in [5.41, 5.74) is 1.79. The fourth-order valence-electron chi connectivity index (χ4n) is 2.72. The van der Waals surface area contributed by atoms with Gasteiger partial charge in [0.25, 0.3) is 0 Å². The molecule has 0 amide bonds. The zero-order chi connectivity index (χ0) is 12.7. The molecule has 0 radical (unpaired) electrons. The van der Waals surface area contributed by atoms with E-state index in [4.69, 9.17) is 0 Å². The molecule has 1 nitrogen and oxygen atoms in total. The Morgan fingerprint density at radius 1 is 1.10 bits per heavy atom. The number of fused-ring (bicyclic) bond motifs is 1. The van der Waals surface area contributed by atoms with Crippen molar-refractivity contribution in [2.75, 3.05) is 0 Å². The number of benzene rings is 1. The van der Waals surface area contributed by atoms with Crippen LogP contribution in [0.15, 0.2) is 24.3 Å². The van der Waals surface area contributed by atoms with Crippen LogP contribution in [0.4, 0.5) is 0 Å². The van der Waals surface area contributed by atoms with Gasteiger partial charge >= 0.3 is 111 Å². The summed E-state index contributed by atoms with van der Waals surface area (Å²) in [7, 11) is 1.41. The van der Waals surface area contributed by atoms with E-state index < -0.39 is 16.8 Å². The Morgan fingerprint density at radius 2 is 1.65 bits per heavy atom. The minimum atomic E-state index is -2.02. The van der Waals surface area contributed by atoms with Gasteiger partial charge in [0.1, 0.15) is 0 Å². The topological polar surface area (TPSA) is 12.0 Å². The Morgan fingerprint density at radius 3 is 2.20 bits per heavy atom. The Balaban J connectivity index is 0. The molecule has 1 heterocycles. The van der Waals surface area contributed by atoms with Crippen molar-refractivity contribution in [1.82, 2.24) is 3.80 Å². The second-order valence-corrected chi connectivity index (χ2v) is 14.2. The van der Waals surface area contributed by atoms with Crippen LogP contribution in [0.3, 0.4) is 0 Å². The van der Waals surface area contributed by atoms with E-state index >= 15 is 0 Å². The normalized spacial score (nSPS) is 16.6. The van der Waals surface area contributed by atoms with Gasteiger partial charge in [-0.2, -0.15) is 0 Å². The van der Waals surface area contributed by atoms with Crippen LogP contribution in [0, 0.1) is 0 Å². The summed E-state index contributed by atoms with van der Waals surface area (Å²) in [4.78, 5) is 0. The largest absolute Gasteiger partial charge is 1.00 e. The van der Waals surface area contributed by atoms with E-state index in [9.17, 15) is 0 Å². The third-order valence-corrected chi connectivity index (χ3v) is 10.0. The number of nitrogens with one attached hydrogen (secondary N) is 1. The number of halogens is 2. The predicted octanol–water partition coefficient (Wildman–Crippen LogP) is -3.78. The minimum absolute atomic E-state index is 0. The summed E-state index contributed by atoms with van der Waals surface area (Å²) >= 11 is -2.02. The van der Waals surface area contributed by atoms with Crippen molar-refractivity contribution in [3.05, 3.63) is 29.8 Å². The van der Waals surface area contributed by atoms with Crippen molar-refractivity contribution >= 4 is 30.3 Å². The van der Waals surface area contributed by atoms with E-state index in [0.717, 1.165) is 0 Å². The molecular formula is C14H26Cl2NPSiTi. The molecule has 0 bridgehead atoms. The predicted molar refractivity (Wildman–Crippen MR) is 87.8 cm³/mol. The van der Waals surface area contributed by atoms with Gasteiger partial charge in [0, 0.05) is 0 Å². The zero-order valence-electron chi connectivity index (χ0n) is 12.2. The first kappa shape index (κ1) is 23.1. The molecule has 0 aliphatic carbocycles. The molecule has 20 heavy (non-hydrogen) atoms. The third kappa shape index (κ3) is 5.57. The average molecular weight is 386 g/mol. The summed E-state index contributed by atoms with van der Waals surface area (Å²) in [6, 6.07) is 8.91. The Hall–Kier alpha value is 0.861. The van der Waals surface area contributed by atoms with Crippen LogP contribution >= 0.6 is 8.20 Å². The minimum Gasteiger partial charge on any atom is -1.00 e. The molecule has 1 aliphatic rings. The fourth-order valence-corrected chi connectivity index (χ4v) is 11.3. The smallest absolute Gasteiger partial charge is 0.0149 e. The van der Waals surface area contributed by atoms with Gasteiger partial charge in [-0.25, -0.2) is 0 Å². The molecular weight excluding hydrogens is 360 g/mol. The summed E-state index contributed by atoms with van der Waals surface area (Å²) in [6.45, 7) is 6.83. The molecule has 1 atom stereocenters. The zero-order valence-corrected chi connectivity index (χ0v) is 16.1. The maximum atomic E-state index is 3.93. The van der Waals surface area contributed by atoms with Crippen molar-refractivity contribution in [2.24, 2.45) is 0 Å². The van der Waals surface area contributed by atoms with Gasteiger partial charge < -0.3 is 24.8 Å². The van der Waals surface area contributed by atoms with Crippen LogP contribution in [-0.2, 0) is 16.8 Å². The second-order valence-electron chi connectivity index (χ2n) is 6.41. The van der Waals surface area contributed by atoms with Crippen LogP contribution in [0.25, 0.3) is 0 Å². The van der Waals surface area contributed by atoms with E-state index in [2.05, 4.69) is 65.1 Å². The Bertz CT molecular complexity index is 461. The van der Waals surface area contributed by atoms with Gasteiger partial charge in [-0.05, 0) is 11.0 Å². The molecule has 0 spiro atoms. The van der Waals surface area contributed by atoms with Crippen LogP contribution in [-0.4, -0.2) is 22.3 Å². The number of hydrogen-bond donors (Lipinski definition) is 1. The van der Waals surface area contributed by atoms with E-state index in [1.54, 1.807) is 5.56 Å². The van der Waals surface area contributed by atoms with Crippen molar-refractivity contribution in [3.8, 4) is 0 Å². The first-order chi connectivity index (χ1) is 7.80. The molecule has 1 aromatic rings. The van der Waals surface area contributed by atoms with E-state index in [1.165, 1.54) is 13.5 Å². The summed E-state index contributed by atoms with van der Waals surface area (Å²) in [6.07, 6.45) is 0. The molecule has 0 aromatic heterocycles. The third-order valence-electron chi connectivity index (χ3n) is 3.11. The molecule has 2 rings (SSSR count). The number of rotatable bonds is 2. The van der Waals surface area contributed by atoms with Crippen LogP contribution in [0.1, 0.15) is 30.6 Å². The molecule has 0 saturated heterocycles. The fraction of sp³-hybridized carbons (Fsp3) is 0.500. The maximum absolute atomic E-state index is 3.93. The SMILES string of the molecule is CC(C)(C)[NH][Ti+2]([CH3])([CH3])[CH]1C=Pc2ccccc21.[Cl-].[Cl-].[SiH4]. The van der Waals surface area contributed by atoms with Gasteiger partial charge in [0.15, 0.2) is 0 Å². The molecule has 0 saturated carbocycles. The molecule has 1 N–H and O–H groups in total. The maximum Gasteiger partial charge on any atom is -0.0149 e. The van der Waals surface area contributed by atoms with Gasteiger partial charge in [-0.3, -0.25) is 0 Å². The van der Waals surface area contributed by atoms with Gasteiger partial charge in [0.05, 0.1) is 0 Å². The van der Waals surface area contributed by atoms with E-state index in [-0.39, 0.29) is 41.3 Å². The molecule has 0 fully saturated rings.